The molecule has 1 aliphatic rings. The smallest absolute Gasteiger partial charge is 0.202 e. The first kappa shape index (κ1) is 7.96. The molecule has 0 radical (unpaired) electrons. The fraction of sp³-hybridized carbons (Fsp3) is 0.667. The second-order valence-electron chi connectivity index (χ2n) is 2.20. The zero-order chi connectivity index (χ0) is 7.61. The van der Waals surface area contributed by atoms with E-state index in [0.29, 0.717) is 5.75 Å². The van der Waals surface area contributed by atoms with E-state index in [1.807, 2.05) is 0 Å². The lowest BCUT2D eigenvalue weighted by molar-refractivity contribution is 0.594. The van der Waals surface area contributed by atoms with Gasteiger partial charge in [-0.25, -0.2) is 8.42 Å². The third kappa shape index (κ3) is 1.93. The van der Waals surface area contributed by atoms with Crippen LogP contribution in [-0.4, -0.2) is 19.9 Å². The van der Waals surface area contributed by atoms with Gasteiger partial charge in [0.1, 0.15) is 0 Å². The number of hydrogen-bond acceptors (Lipinski definition) is 3. The molecule has 0 aromatic carbocycles. The Morgan fingerprint density at radius 3 is 2.70 bits per heavy atom. The third-order valence-corrected chi connectivity index (χ3v) is 4.93. The molecule has 0 saturated carbocycles. The van der Waals surface area contributed by atoms with Gasteiger partial charge in [0.25, 0.3) is 0 Å². The summed E-state index contributed by atoms with van der Waals surface area (Å²) in [6.45, 7) is 0. The van der Waals surface area contributed by atoms with Crippen molar-refractivity contribution in [1.29, 1.82) is 0 Å². The highest BCUT2D eigenvalue weighted by Gasteiger charge is 2.23. The Bertz CT molecular complexity index is 247. The maximum Gasteiger partial charge on any atom is 0.202 e. The lowest BCUT2D eigenvalue weighted by Crippen LogP contribution is -2.18. The van der Waals surface area contributed by atoms with Crippen LogP contribution in [0.4, 0.5) is 0 Å². The van der Waals surface area contributed by atoms with Crippen molar-refractivity contribution < 1.29 is 8.42 Å². The molecule has 56 valence electrons. The van der Waals surface area contributed by atoms with Crippen molar-refractivity contribution in [3.63, 3.8) is 0 Å². The molecule has 1 heterocycles. The van der Waals surface area contributed by atoms with E-state index in [9.17, 15) is 8.42 Å². The van der Waals surface area contributed by atoms with Crippen LogP contribution in [0, 0.1) is 18.3 Å². The predicted octanol–water partition coefficient (Wildman–Crippen LogP) is 0.703. The number of terminal acetylenes is 1. The molecule has 0 aliphatic carbocycles. The monoisotopic (exact) mass is 176 g/mol. The Hall–Kier alpha value is -0.140. The van der Waals surface area contributed by atoms with Crippen LogP contribution in [0.5, 0.6) is 0 Å². The summed E-state index contributed by atoms with van der Waals surface area (Å²) in [6, 6.07) is 0. The summed E-state index contributed by atoms with van der Waals surface area (Å²) in [5.74, 6) is 3.23. The van der Waals surface area contributed by atoms with E-state index in [4.69, 9.17) is 6.42 Å². The van der Waals surface area contributed by atoms with Crippen LogP contribution in [0.15, 0.2) is 0 Å². The second kappa shape index (κ2) is 2.85. The molecule has 1 unspecified atom stereocenters. The summed E-state index contributed by atoms with van der Waals surface area (Å²) in [5.41, 5.74) is 0. The Balaban J connectivity index is 2.67. The van der Waals surface area contributed by atoms with Gasteiger partial charge in [-0.15, -0.1) is 12.3 Å². The summed E-state index contributed by atoms with van der Waals surface area (Å²) in [5, 5.41) is 0. The van der Waals surface area contributed by atoms with E-state index >= 15 is 0 Å². The van der Waals surface area contributed by atoms with Crippen molar-refractivity contribution >= 4 is 19.7 Å². The first-order chi connectivity index (χ1) is 4.64. The van der Waals surface area contributed by atoms with Gasteiger partial charge in [-0.1, -0.05) is 0 Å². The highest BCUT2D eigenvalue weighted by molar-refractivity contribution is 8.72. The molecule has 1 atom stereocenters. The molecule has 1 rings (SSSR count). The largest absolute Gasteiger partial charge is 0.217 e. The first-order valence-corrected chi connectivity index (χ1v) is 6.13. The highest BCUT2D eigenvalue weighted by atomic mass is 33.1. The van der Waals surface area contributed by atoms with Crippen LogP contribution in [0.1, 0.15) is 6.42 Å². The summed E-state index contributed by atoms with van der Waals surface area (Å²) in [7, 11) is -1.85. The third-order valence-electron chi connectivity index (χ3n) is 1.37. The molecule has 2 nitrogen and oxygen atoms in total. The normalized spacial score (nSPS) is 30.9. The molecular weight excluding hydrogens is 168 g/mol. The van der Waals surface area contributed by atoms with E-state index in [2.05, 4.69) is 5.92 Å². The van der Waals surface area contributed by atoms with Gasteiger partial charge in [0.15, 0.2) is 0 Å². The van der Waals surface area contributed by atoms with Gasteiger partial charge in [0, 0.05) is 11.7 Å². The van der Waals surface area contributed by atoms with Crippen molar-refractivity contribution in [1.82, 2.24) is 0 Å². The average molecular weight is 176 g/mol. The van der Waals surface area contributed by atoms with Gasteiger partial charge in [0.05, 0.1) is 5.75 Å². The molecule has 10 heavy (non-hydrogen) atoms. The number of rotatable bonds is 0. The van der Waals surface area contributed by atoms with E-state index in [0.717, 1.165) is 17.2 Å². The predicted molar refractivity (Wildman–Crippen MR) is 43.2 cm³/mol. The number of hydrogen-bond donors (Lipinski definition) is 0. The molecule has 0 spiro atoms. The van der Waals surface area contributed by atoms with E-state index in [1.54, 1.807) is 0 Å². The van der Waals surface area contributed by atoms with Crippen LogP contribution >= 0.6 is 10.8 Å². The zero-order valence-electron chi connectivity index (χ0n) is 5.41. The molecule has 1 fully saturated rings. The average Bonchev–Trinajstić information content (AvgIpc) is 1.86. The minimum atomic E-state index is -2.87. The SMILES string of the molecule is C#CC1CCSS(=O)(=O)C1. The van der Waals surface area contributed by atoms with Gasteiger partial charge >= 0.3 is 0 Å². The van der Waals surface area contributed by atoms with Gasteiger partial charge in [-0.05, 0) is 17.2 Å². The van der Waals surface area contributed by atoms with Crippen molar-refractivity contribution in [2.24, 2.45) is 5.92 Å². The summed E-state index contributed by atoms with van der Waals surface area (Å²) in [4.78, 5) is 0. The molecule has 0 bridgehead atoms. The molecule has 4 heteroatoms. The van der Waals surface area contributed by atoms with Crippen molar-refractivity contribution in [2.45, 2.75) is 6.42 Å². The van der Waals surface area contributed by atoms with E-state index in [-0.39, 0.29) is 11.7 Å². The van der Waals surface area contributed by atoms with E-state index in [1.165, 1.54) is 0 Å². The standard InChI is InChI=1S/C6H8O2S2/c1-2-6-3-4-9-10(7,8)5-6/h1,6H,3-5H2. The summed E-state index contributed by atoms with van der Waals surface area (Å²) >= 11 is 0. The molecule has 0 amide bonds. The lowest BCUT2D eigenvalue weighted by Gasteiger charge is -2.15. The van der Waals surface area contributed by atoms with Crippen LogP contribution in [-0.2, 0) is 8.87 Å². The maximum atomic E-state index is 10.9. The van der Waals surface area contributed by atoms with E-state index < -0.39 is 8.87 Å². The molecule has 1 saturated heterocycles. The lowest BCUT2D eigenvalue weighted by atomic mass is 10.1. The fourth-order valence-electron chi connectivity index (χ4n) is 0.827. The fourth-order valence-corrected chi connectivity index (χ4v) is 4.15. The van der Waals surface area contributed by atoms with Crippen LogP contribution < -0.4 is 0 Å². The Kier molecular flexibility index (Phi) is 2.27. The van der Waals surface area contributed by atoms with Crippen LogP contribution in [0.3, 0.4) is 0 Å². The highest BCUT2D eigenvalue weighted by Crippen LogP contribution is 2.25. The van der Waals surface area contributed by atoms with Crippen molar-refractivity contribution in [3.8, 4) is 12.3 Å². The molecular formula is C6H8O2S2. The quantitative estimate of drug-likeness (QED) is 0.402. The Morgan fingerprint density at radius 1 is 1.60 bits per heavy atom. The van der Waals surface area contributed by atoms with Gasteiger partial charge in [-0.3, -0.25) is 0 Å². The minimum Gasteiger partial charge on any atom is -0.217 e. The summed E-state index contributed by atoms with van der Waals surface area (Å²) < 4.78 is 21.8. The first-order valence-electron chi connectivity index (χ1n) is 2.97. The Morgan fingerprint density at radius 2 is 2.30 bits per heavy atom. The topological polar surface area (TPSA) is 34.1 Å². The minimum absolute atomic E-state index is 0.0498. The zero-order valence-corrected chi connectivity index (χ0v) is 7.04. The van der Waals surface area contributed by atoms with Crippen LogP contribution in [0.25, 0.3) is 0 Å². The molecule has 0 aromatic heterocycles. The summed E-state index contributed by atoms with van der Waals surface area (Å²) in [6.07, 6.45) is 5.93. The van der Waals surface area contributed by atoms with Crippen molar-refractivity contribution in [2.75, 3.05) is 11.5 Å². The van der Waals surface area contributed by atoms with Gasteiger partial charge in [-0.2, -0.15) is 0 Å². The van der Waals surface area contributed by atoms with Gasteiger partial charge in [0.2, 0.25) is 8.87 Å². The maximum absolute atomic E-state index is 10.9. The Labute approximate surface area is 64.7 Å². The van der Waals surface area contributed by atoms with Crippen molar-refractivity contribution in [3.05, 3.63) is 0 Å². The molecule has 1 aliphatic heterocycles. The molecule has 0 N–H and O–H groups in total. The van der Waals surface area contributed by atoms with Crippen LogP contribution in [0.2, 0.25) is 0 Å². The second-order valence-corrected chi connectivity index (χ2v) is 6.52. The van der Waals surface area contributed by atoms with Gasteiger partial charge < -0.3 is 0 Å². The molecule has 0 aromatic rings.